The number of nitrogens with zero attached hydrogens (tertiary/aromatic N) is 2. The summed E-state index contributed by atoms with van der Waals surface area (Å²) in [6.45, 7) is 3.40. The van der Waals surface area contributed by atoms with Crippen LogP contribution in [0.2, 0.25) is 0 Å². The van der Waals surface area contributed by atoms with Crippen molar-refractivity contribution in [3.05, 3.63) is 91.5 Å². The van der Waals surface area contributed by atoms with Gasteiger partial charge < -0.3 is 46.6 Å². The molecule has 3 aliphatic rings. The molecule has 0 saturated carbocycles. The van der Waals surface area contributed by atoms with Crippen LogP contribution in [-0.2, 0) is 50.8 Å². The van der Waals surface area contributed by atoms with Gasteiger partial charge in [-0.1, -0.05) is 19.1 Å². The maximum Gasteiger partial charge on any atom is 0.407 e. The number of anilines is 1. The van der Waals surface area contributed by atoms with Gasteiger partial charge in [-0.25, -0.2) is 23.8 Å². The maximum atomic E-state index is 15.2. The fraction of sp³-hybridized carbons (Fsp3) is 0.368. The first kappa shape index (κ1) is 36.5. The quantitative estimate of drug-likeness (QED) is 0.0905. The molecule has 2 aromatic carbocycles. The Morgan fingerprint density at radius 2 is 1.93 bits per heavy atom. The van der Waals surface area contributed by atoms with Gasteiger partial charge in [0, 0.05) is 34.8 Å². The monoisotopic (exact) mass is 741 g/mol. The highest BCUT2D eigenvalue weighted by Crippen LogP contribution is 2.46. The number of ether oxygens (including phenoxy) is 2. The van der Waals surface area contributed by atoms with Crippen molar-refractivity contribution in [2.75, 3.05) is 11.9 Å². The van der Waals surface area contributed by atoms with Crippen LogP contribution >= 0.6 is 0 Å². The molecular weight excluding hydrogens is 701 g/mol. The van der Waals surface area contributed by atoms with Crippen molar-refractivity contribution in [2.24, 2.45) is 11.5 Å². The third kappa shape index (κ3) is 6.40. The second kappa shape index (κ2) is 14.2. The Hall–Kier alpha value is -5.87. The SMILES string of the molecule is CC[C@@]1(O)C(=O)OCc2c1cc1n(c2=O)Cc2c-1nc1cc(F)c(C)c3c1c2[C@@H](NC(=O)OCc1ccc(NC(=O)[C@@H](N)CCCNC(N)=O)cc1)CC3. The van der Waals surface area contributed by atoms with E-state index in [1.165, 1.54) is 10.6 Å². The van der Waals surface area contributed by atoms with Crippen molar-refractivity contribution in [3.63, 3.8) is 0 Å². The Kier molecular flexibility index (Phi) is 9.57. The number of aromatic nitrogens is 2. The number of esters is 1. The number of amides is 4. The summed E-state index contributed by atoms with van der Waals surface area (Å²) in [5.74, 6) is -1.65. The predicted molar refractivity (Wildman–Crippen MR) is 193 cm³/mol. The highest BCUT2D eigenvalue weighted by Gasteiger charge is 2.46. The predicted octanol–water partition coefficient (Wildman–Crippen LogP) is 3.16. The fourth-order valence-corrected chi connectivity index (χ4v) is 7.62. The number of aryl methyl sites for hydroxylation is 1. The molecule has 0 bridgehead atoms. The Morgan fingerprint density at radius 3 is 2.65 bits per heavy atom. The Morgan fingerprint density at radius 1 is 1.17 bits per heavy atom. The number of carbonyl (C=O) groups is 4. The highest BCUT2D eigenvalue weighted by molar-refractivity contribution is 5.95. The van der Waals surface area contributed by atoms with Crippen LogP contribution in [0.25, 0.3) is 22.3 Å². The van der Waals surface area contributed by atoms with Gasteiger partial charge in [-0.2, -0.15) is 0 Å². The molecule has 3 atom stereocenters. The van der Waals surface area contributed by atoms with Crippen LogP contribution in [0, 0.1) is 12.7 Å². The number of carbonyl (C=O) groups excluding carboxylic acids is 4. The van der Waals surface area contributed by atoms with Gasteiger partial charge in [0.05, 0.1) is 41.1 Å². The molecular formula is C38H40FN7O8. The molecule has 54 heavy (non-hydrogen) atoms. The molecule has 0 spiro atoms. The number of pyridine rings is 2. The summed E-state index contributed by atoms with van der Waals surface area (Å²) in [5, 5.41) is 20.2. The molecule has 0 saturated heterocycles. The van der Waals surface area contributed by atoms with Gasteiger partial charge in [0.1, 0.15) is 19.0 Å². The summed E-state index contributed by atoms with van der Waals surface area (Å²) in [7, 11) is 0. The second-order valence-electron chi connectivity index (χ2n) is 13.8. The summed E-state index contributed by atoms with van der Waals surface area (Å²) in [5.41, 5.74) is 13.8. The number of halogens is 1. The van der Waals surface area contributed by atoms with E-state index in [4.69, 9.17) is 25.9 Å². The largest absolute Gasteiger partial charge is 0.458 e. The molecule has 0 fully saturated rings. The van der Waals surface area contributed by atoms with Gasteiger partial charge in [0.2, 0.25) is 5.91 Å². The highest BCUT2D eigenvalue weighted by atomic mass is 19.1. The van der Waals surface area contributed by atoms with Gasteiger partial charge in [-0.3, -0.25) is 9.59 Å². The molecule has 16 heteroatoms. The van der Waals surface area contributed by atoms with E-state index in [9.17, 15) is 29.1 Å². The summed E-state index contributed by atoms with van der Waals surface area (Å²) in [6.07, 6.45) is 1.01. The number of hydrogen-bond donors (Lipinski definition) is 6. The number of cyclic esters (lactones) is 1. The number of urea groups is 1. The van der Waals surface area contributed by atoms with Gasteiger partial charge in [-0.15, -0.1) is 0 Å². The molecule has 7 rings (SSSR count). The minimum absolute atomic E-state index is 0.0115. The minimum Gasteiger partial charge on any atom is -0.458 e. The van der Waals surface area contributed by atoms with E-state index >= 15 is 4.39 Å². The third-order valence-corrected chi connectivity index (χ3v) is 10.6. The second-order valence-corrected chi connectivity index (χ2v) is 13.8. The molecule has 2 aliphatic heterocycles. The van der Waals surface area contributed by atoms with Crippen LogP contribution in [0.1, 0.15) is 77.6 Å². The molecule has 4 amide bonds. The van der Waals surface area contributed by atoms with Crippen molar-refractivity contribution >= 4 is 40.6 Å². The van der Waals surface area contributed by atoms with Crippen LogP contribution in [0.4, 0.5) is 19.7 Å². The van der Waals surface area contributed by atoms with Crippen molar-refractivity contribution < 1.29 is 38.1 Å². The van der Waals surface area contributed by atoms with Crippen LogP contribution in [0.3, 0.4) is 0 Å². The van der Waals surface area contributed by atoms with Crippen LogP contribution < -0.4 is 33.0 Å². The van der Waals surface area contributed by atoms with Crippen LogP contribution in [-0.4, -0.2) is 51.2 Å². The lowest BCUT2D eigenvalue weighted by Crippen LogP contribution is -2.44. The molecule has 1 aliphatic carbocycles. The summed E-state index contributed by atoms with van der Waals surface area (Å²) >= 11 is 0. The van der Waals surface area contributed by atoms with E-state index in [2.05, 4.69) is 16.0 Å². The molecule has 0 radical (unpaired) electrons. The fourth-order valence-electron chi connectivity index (χ4n) is 7.62. The van der Waals surface area contributed by atoms with E-state index in [1.54, 1.807) is 44.2 Å². The van der Waals surface area contributed by atoms with Gasteiger partial charge in [-0.05, 0) is 79.5 Å². The topological polar surface area (TPSA) is 230 Å². The molecule has 0 unspecified atom stereocenters. The number of aliphatic hydroxyl groups is 1. The standard InChI is InChI=1S/C38H40FN7O8/c1-3-38(52)24-13-29-32-22(15-46(29)34(48)23(24)17-53-35(38)49)31-27(11-10-21-18(2)25(39)14-28(44-32)30(21)31)45-37(51)54-16-19-6-8-20(9-7-19)43-33(47)26(40)5-4-12-42-36(41)50/h6-9,13-14,26-27,52H,3-5,10-12,15-17,40H2,1-2H3,(H,43,47)(H,45,51)(H3,41,42,50)/t26-,27-,38-/m0/s1. The summed E-state index contributed by atoms with van der Waals surface area (Å²) < 4.78 is 27.6. The number of benzene rings is 2. The average Bonchev–Trinajstić information content (AvgIpc) is 3.52. The van der Waals surface area contributed by atoms with Crippen molar-refractivity contribution in [3.8, 4) is 11.4 Å². The van der Waals surface area contributed by atoms with Crippen molar-refractivity contribution in [1.29, 1.82) is 0 Å². The van der Waals surface area contributed by atoms with Crippen molar-refractivity contribution in [1.82, 2.24) is 20.2 Å². The van der Waals surface area contributed by atoms with Crippen LogP contribution in [0.15, 0.2) is 41.2 Å². The lowest BCUT2D eigenvalue weighted by atomic mass is 9.81. The lowest BCUT2D eigenvalue weighted by molar-refractivity contribution is -0.172. The molecule has 15 nitrogen and oxygen atoms in total. The zero-order valence-corrected chi connectivity index (χ0v) is 29.7. The third-order valence-electron chi connectivity index (χ3n) is 10.6. The maximum absolute atomic E-state index is 15.2. The first-order valence-electron chi connectivity index (χ1n) is 17.7. The smallest absolute Gasteiger partial charge is 0.407 e. The Balaban J connectivity index is 1.10. The first-order chi connectivity index (χ1) is 25.8. The normalized spacial score (nSPS) is 18.5. The number of primary amides is 1. The number of fused-ring (bicyclic) bond motifs is 5. The summed E-state index contributed by atoms with van der Waals surface area (Å²) in [6, 6.07) is 7.67. The molecule has 4 heterocycles. The van der Waals surface area contributed by atoms with E-state index in [0.29, 0.717) is 82.5 Å². The minimum atomic E-state index is -2.00. The van der Waals surface area contributed by atoms with Crippen molar-refractivity contribution in [2.45, 2.75) is 83.4 Å². The zero-order valence-electron chi connectivity index (χ0n) is 29.7. The number of alkyl carbamates (subject to hydrolysis) is 1. The van der Waals surface area contributed by atoms with E-state index in [-0.39, 0.29) is 43.2 Å². The van der Waals surface area contributed by atoms with Gasteiger partial charge in [0.25, 0.3) is 5.56 Å². The van der Waals surface area contributed by atoms with E-state index in [0.717, 1.165) is 5.56 Å². The molecule has 2 aromatic heterocycles. The first-order valence-corrected chi connectivity index (χ1v) is 17.7. The molecule has 4 aromatic rings. The molecule has 8 N–H and O–H groups in total. The van der Waals surface area contributed by atoms with E-state index < -0.39 is 47.2 Å². The average molecular weight is 742 g/mol. The zero-order chi connectivity index (χ0) is 38.5. The van der Waals surface area contributed by atoms with E-state index in [1.807, 2.05) is 0 Å². The lowest BCUT2D eigenvalue weighted by Gasteiger charge is -2.31. The molecule has 282 valence electrons. The Labute approximate surface area is 308 Å². The number of nitrogens with two attached hydrogens (primary N) is 2. The summed E-state index contributed by atoms with van der Waals surface area (Å²) in [4.78, 5) is 67.9. The number of hydrogen-bond acceptors (Lipinski definition) is 10. The van der Waals surface area contributed by atoms with Gasteiger partial charge >= 0.3 is 18.1 Å². The Bertz CT molecular complexity index is 2290. The number of nitrogens with one attached hydrogen (secondary N) is 3. The van der Waals surface area contributed by atoms with Crippen LogP contribution in [0.5, 0.6) is 0 Å². The van der Waals surface area contributed by atoms with Gasteiger partial charge in [0.15, 0.2) is 5.60 Å². The number of rotatable bonds is 10.